The van der Waals surface area contributed by atoms with Crippen LogP contribution in [-0.4, -0.2) is 26.1 Å². The fourth-order valence-corrected chi connectivity index (χ4v) is 3.35. The Morgan fingerprint density at radius 2 is 2.12 bits per heavy atom. The number of anilines is 1. The molecule has 2 N–H and O–H groups in total. The number of H-pyrrole nitrogens is 1. The summed E-state index contributed by atoms with van der Waals surface area (Å²) in [6, 6.07) is 7.51. The van der Waals surface area contributed by atoms with Gasteiger partial charge in [0, 0.05) is 6.20 Å². The number of hydrogen-bond donors (Lipinski definition) is 2. The van der Waals surface area contributed by atoms with Crippen LogP contribution in [0.4, 0.5) is 5.82 Å². The molecule has 0 aliphatic heterocycles. The number of carbonyl (C=O) groups excluding carboxylic acids is 1. The number of pyridine rings is 1. The van der Waals surface area contributed by atoms with Crippen LogP contribution in [0.15, 0.2) is 35.6 Å². The molecular formula is C16H14Cl2N4OS. The number of thioether (sulfide) groups is 1. The predicted octanol–water partition coefficient (Wildman–Crippen LogP) is 4.69. The van der Waals surface area contributed by atoms with Gasteiger partial charge in [-0.15, -0.1) is 0 Å². The average molecular weight is 381 g/mol. The molecule has 0 radical (unpaired) electrons. The van der Waals surface area contributed by atoms with E-state index in [0.29, 0.717) is 21.0 Å². The van der Waals surface area contributed by atoms with E-state index in [1.54, 1.807) is 6.92 Å². The summed E-state index contributed by atoms with van der Waals surface area (Å²) in [5.74, 6) is 0.0760. The molecule has 0 aliphatic rings. The number of hydrogen-bond acceptors (Lipinski definition) is 4. The van der Waals surface area contributed by atoms with Crippen molar-refractivity contribution in [3.63, 3.8) is 0 Å². The number of imidazole rings is 1. The van der Waals surface area contributed by atoms with Gasteiger partial charge in [0.1, 0.15) is 0 Å². The van der Waals surface area contributed by atoms with E-state index in [-0.39, 0.29) is 11.2 Å². The lowest BCUT2D eigenvalue weighted by atomic mass is 10.2. The number of benzene rings is 1. The number of carbonyl (C=O) groups is 1. The van der Waals surface area contributed by atoms with E-state index in [4.69, 9.17) is 23.2 Å². The molecule has 0 fully saturated rings. The molecule has 2 aromatic heterocycles. The Labute approximate surface area is 153 Å². The van der Waals surface area contributed by atoms with Gasteiger partial charge in [-0.25, -0.2) is 9.97 Å². The molecule has 1 amide bonds. The maximum absolute atomic E-state index is 12.3. The van der Waals surface area contributed by atoms with Crippen molar-refractivity contribution in [2.75, 3.05) is 5.32 Å². The van der Waals surface area contributed by atoms with Gasteiger partial charge in [0.15, 0.2) is 11.0 Å². The predicted molar refractivity (Wildman–Crippen MR) is 99.0 cm³/mol. The summed E-state index contributed by atoms with van der Waals surface area (Å²) in [7, 11) is 0. The second-order valence-corrected chi connectivity index (χ2v) is 7.47. The van der Waals surface area contributed by atoms with Crippen molar-refractivity contribution in [1.29, 1.82) is 0 Å². The van der Waals surface area contributed by atoms with E-state index in [9.17, 15) is 4.79 Å². The van der Waals surface area contributed by atoms with Gasteiger partial charge in [-0.05, 0) is 37.6 Å². The van der Waals surface area contributed by atoms with Gasteiger partial charge in [0.25, 0.3) is 0 Å². The summed E-state index contributed by atoms with van der Waals surface area (Å²) in [4.78, 5) is 24.0. The lowest BCUT2D eigenvalue weighted by molar-refractivity contribution is -0.115. The Balaban J connectivity index is 1.70. The number of nitrogens with zero attached hydrogens (tertiary/aromatic N) is 2. The second-order valence-electron chi connectivity index (χ2n) is 5.30. The third kappa shape index (κ3) is 3.83. The second kappa shape index (κ2) is 7.01. The highest BCUT2D eigenvalue weighted by molar-refractivity contribution is 8.00. The number of nitrogens with one attached hydrogen (secondary N) is 2. The molecule has 0 spiro atoms. The summed E-state index contributed by atoms with van der Waals surface area (Å²) in [6.07, 6.45) is 1.43. The highest BCUT2D eigenvalue weighted by atomic mass is 35.5. The van der Waals surface area contributed by atoms with Crippen LogP contribution in [-0.2, 0) is 4.79 Å². The first-order valence-corrected chi connectivity index (χ1v) is 8.81. The molecule has 3 aromatic rings. The number of aromatic nitrogens is 3. The van der Waals surface area contributed by atoms with Gasteiger partial charge >= 0.3 is 0 Å². The first-order chi connectivity index (χ1) is 11.4. The summed E-state index contributed by atoms with van der Waals surface area (Å²) < 4.78 is 0. The van der Waals surface area contributed by atoms with E-state index < -0.39 is 0 Å². The van der Waals surface area contributed by atoms with Crippen molar-refractivity contribution >= 4 is 57.7 Å². The molecule has 3 rings (SSSR count). The SMILES string of the molecule is Cc1ccc2nc(S[C@@H](C)C(=O)Nc3ncc(Cl)cc3Cl)[nH]c2c1. The Hall–Kier alpha value is -1.76. The van der Waals surface area contributed by atoms with Crippen LogP contribution in [0.2, 0.25) is 10.0 Å². The largest absolute Gasteiger partial charge is 0.333 e. The molecule has 5 nitrogen and oxygen atoms in total. The van der Waals surface area contributed by atoms with Gasteiger partial charge in [-0.3, -0.25) is 4.79 Å². The molecular weight excluding hydrogens is 367 g/mol. The number of rotatable bonds is 4. The van der Waals surface area contributed by atoms with Crippen molar-refractivity contribution in [3.05, 3.63) is 46.1 Å². The molecule has 2 heterocycles. The quantitative estimate of drug-likeness (QED) is 0.643. The fraction of sp³-hybridized carbons (Fsp3) is 0.188. The van der Waals surface area contributed by atoms with Crippen molar-refractivity contribution in [1.82, 2.24) is 15.0 Å². The van der Waals surface area contributed by atoms with Crippen molar-refractivity contribution in [3.8, 4) is 0 Å². The van der Waals surface area contributed by atoms with Gasteiger partial charge in [-0.2, -0.15) is 0 Å². The smallest absolute Gasteiger partial charge is 0.238 e. The molecule has 0 bridgehead atoms. The summed E-state index contributed by atoms with van der Waals surface area (Å²) in [6.45, 7) is 3.81. The van der Waals surface area contributed by atoms with Crippen LogP contribution in [0.3, 0.4) is 0 Å². The Morgan fingerprint density at radius 1 is 1.33 bits per heavy atom. The Bertz CT molecular complexity index is 912. The molecule has 1 aromatic carbocycles. The minimum absolute atomic E-state index is 0.214. The van der Waals surface area contributed by atoms with E-state index in [1.165, 1.54) is 24.0 Å². The molecule has 0 aliphatic carbocycles. The van der Waals surface area contributed by atoms with Gasteiger partial charge in [0.2, 0.25) is 5.91 Å². The lowest BCUT2D eigenvalue weighted by Crippen LogP contribution is -2.23. The molecule has 1 atom stereocenters. The highest BCUT2D eigenvalue weighted by Gasteiger charge is 2.18. The van der Waals surface area contributed by atoms with Crippen LogP contribution >= 0.6 is 35.0 Å². The molecule has 0 saturated carbocycles. The van der Waals surface area contributed by atoms with Gasteiger partial charge < -0.3 is 10.3 Å². The topological polar surface area (TPSA) is 70.7 Å². The number of amides is 1. The number of aryl methyl sites for hydroxylation is 1. The van der Waals surface area contributed by atoms with Crippen molar-refractivity contribution in [2.24, 2.45) is 0 Å². The maximum atomic E-state index is 12.3. The standard InChI is InChI=1S/C16H14Cl2N4OS/c1-8-3-4-12-13(5-8)21-16(20-12)24-9(2)15(23)22-14-11(18)6-10(17)7-19-14/h3-7,9H,1-2H3,(H,20,21)(H,19,22,23)/t9-/m0/s1. The Morgan fingerprint density at radius 3 is 2.88 bits per heavy atom. The third-order valence-corrected chi connectivity index (χ3v) is 4.80. The van der Waals surface area contributed by atoms with Crippen molar-refractivity contribution < 1.29 is 4.79 Å². The summed E-state index contributed by atoms with van der Waals surface area (Å²) in [5, 5.41) is 3.72. The number of fused-ring (bicyclic) bond motifs is 1. The van der Waals surface area contributed by atoms with E-state index in [1.807, 2.05) is 25.1 Å². The first kappa shape index (κ1) is 17.1. The molecule has 24 heavy (non-hydrogen) atoms. The third-order valence-electron chi connectivity index (χ3n) is 3.32. The van der Waals surface area contributed by atoms with E-state index in [2.05, 4.69) is 20.3 Å². The summed E-state index contributed by atoms with van der Waals surface area (Å²) in [5.41, 5.74) is 2.97. The zero-order valence-electron chi connectivity index (χ0n) is 12.9. The van der Waals surface area contributed by atoms with Gasteiger partial charge in [0.05, 0.1) is 26.3 Å². The highest BCUT2D eigenvalue weighted by Crippen LogP contribution is 2.26. The Kier molecular flexibility index (Phi) is 4.99. The normalized spacial score (nSPS) is 12.3. The van der Waals surface area contributed by atoms with Crippen LogP contribution in [0.5, 0.6) is 0 Å². The zero-order chi connectivity index (χ0) is 17.3. The number of aromatic amines is 1. The fourth-order valence-electron chi connectivity index (χ4n) is 2.10. The lowest BCUT2D eigenvalue weighted by Gasteiger charge is -2.11. The average Bonchev–Trinajstić information content (AvgIpc) is 2.91. The van der Waals surface area contributed by atoms with E-state index >= 15 is 0 Å². The molecule has 8 heteroatoms. The van der Waals surface area contributed by atoms with E-state index in [0.717, 1.165) is 16.6 Å². The number of halogens is 2. The minimum atomic E-state index is -0.375. The minimum Gasteiger partial charge on any atom is -0.333 e. The van der Waals surface area contributed by atoms with Crippen LogP contribution < -0.4 is 5.32 Å². The first-order valence-electron chi connectivity index (χ1n) is 7.17. The molecule has 124 valence electrons. The molecule has 0 unspecified atom stereocenters. The monoisotopic (exact) mass is 380 g/mol. The van der Waals surface area contributed by atoms with Crippen molar-refractivity contribution in [2.45, 2.75) is 24.3 Å². The van der Waals surface area contributed by atoms with Gasteiger partial charge in [-0.1, -0.05) is 41.0 Å². The van der Waals surface area contributed by atoms with Crippen LogP contribution in [0.25, 0.3) is 11.0 Å². The zero-order valence-corrected chi connectivity index (χ0v) is 15.3. The summed E-state index contributed by atoms with van der Waals surface area (Å²) >= 11 is 13.2. The van der Waals surface area contributed by atoms with Crippen LogP contribution in [0, 0.1) is 6.92 Å². The maximum Gasteiger partial charge on any atom is 0.238 e. The molecule has 0 saturated heterocycles. The van der Waals surface area contributed by atoms with Crippen LogP contribution in [0.1, 0.15) is 12.5 Å².